The zero-order chi connectivity index (χ0) is 21.4. The Kier molecular flexibility index (Phi) is 3.84. The van der Waals surface area contributed by atoms with Gasteiger partial charge in [-0.25, -0.2) is 9.78 Å². The second-order valence-electron chi connectivity index (χ2n) is 7.69. The number of carbonyl (C=O) groups excluding carboxylic acids is 1. The van der Waals surface area contributed by atoms with E-state index < -0.39 is 23.4 Å². The fourth-order valence-electron chi connectivity index (χ4n) is 4.60. The van der Waals surface area contributed by atoms with Crippen molar-refractivity contribution in [3.8, 4) is 17.1 Å². The molecule has 3 aromatic rings. The number of aromatic hydroxyl groups is 1. The number of aliphatic hydroxyl groups is 2. The second-order valence-corrected chi connectivity index (χ2v) is 7.69. The number of hydrogen-bond donors (Lipinski definition) is 3. The topological polar surface area (TPSA) is 122 Å². The quantitative estimate of drug-likeness (QED) is 0.427. The van der Waals surface area contributed by atoms with Gasteiger partial charge in [0.05, 0.1) is 29.0 Å². The molecule has 0 saturated carbocycles. The fourth-order valence-corrected chi connectivity index (χ4v) is 4.60. The van der Waals surface area contributed by atoms with Crippen molar-refractivity contribution >= 4 is 16.9 Å². The van der Waals surface area contributed by atoms with Gasteiger partial charge in [0.1, 0.15) is 5.75 Å². The number of carbonyl (C=O) groups is 1. The molecule has 2 atom stereocenters. The lowest BCUT2D eigenvalue weighted by atomic mass is 9.85. The number of cyclic esters (lactones) is 1. The van der Waals surface area contributed by atoms with Crippen molar-refractivity contribution in [3.63, 3.8) is 0 Å². The highest BCUT2D eigenvalue weighted by molar-refractivity contribution is 5.90. The molecule has 0 spiro atoms. The van der Waals surface area contributed by atoms with Gasteiger partial charge in [-0.15, -0.1) is 0 Å². The molecule has 2 aliphatic rings. The normalized spacial score (nSPS) is 21.9. The molecule has 0 aliphatic carbocycles. The number of fused-ring (bicyclic) bond motifs is 5. The summed E-state index contributed by atoms with van der Waals surface area (Å²) in [7, 11) is 0. The van der Waals surface area contributed by atoms with E-state index in [-0.39, 0.29) is 29.8 Å². The molecule has 3 N–H and O–H groups in total. The van der Waals surface area contributed by atoms with Crippen molar-refractivity contribution in [2.24, 2.45) is 0 Å². The number of benzene rings is 1. The molecule has 30 heavy (non-hydrogen) atoms. The largest absolute Gasteiger partial charge is 0.508 e. The van der Waals surface area contributed by atoms with Gasteiger partial charge in [-0.1, -0.05) is 13.8 Å². The Balaban J connectivity index is 1.85. The maximum Gasteiger partial charge on any atom is 0.345 e. The molecule has 2 aliphatic heterocycles. The van der Waals surface area contributed by atoms with Gasteiger partial charge in [0, 0.05) is 16.5 Å². The lowest BCUT2D eigenvalue weighted by Gasteiger charge is -2.34. The summed E-state index contributed by atoms with van der Waals surface area (Å²) in [5.74, 6) is -0.849. The van der Waals surface area contributed by atoms with Crippen LogP contribution in [-0.2, 0) is 28.1 Å². The van der Waals surface area contributed by atoms with E-state index in [1.54, 1.807) is 31.2 Å². The Morgan fingerprint density at radius 2 is 2.03 bits per heavy atom. The van der Waals surface area contributed by atoms with Gasteiger partial charge < -0.3 is 24.6 Å². The molecule has 0 bridgehead atoms. The maximum atomic E-state index is 13.3. The Hall–Kier alpha value is -3.23. The van der Waals surface area contributed by atoms with Gasteiger partial charge in [-0.3, -0.25) is 4.79 Å². The minimum absolute atomic E-state index is 0.00800. The number of rotatable bonds is 2. The van der Waals surface area contributed by atoms with Crippen LogP contribution >= 0.6 is 0 Å². The number of pyridine rings is 2. The van der Waals surface area contributed by atoms with Crippen LogP contribution < -0.4 is 5.56 Å². The highest BCUT2D eigenvalue weighted by Crippen LogP contribution is 2.42. The average Bonchev–Trinajstić information content (AvgIpc) is 3.09. The van der Waals surface area contributed by atoms with Gasteiger partial charge >= 0.3 is 5.97 Å². The molecule has 1 unspecified atom stereocenters. The third-order valence-corrected chi connectivity index (χ3v) is 6.20. The molecule has 154 valence electrons. The fraction of sp³-hybridized carbons (Fsp3) is 0.318. The smallest absolute Gasteiger partial charge is 0.345 e. The van der Waals surface area contributed by atoms with Crippen molar-refractivity contribution in [1.82, 2.24) is 9.55 Å². The Morgan fingerprint density at radius 3 is 2.73 bits per heavy atom. The summed E-state index contributed by atoms with van der Waals surface area (Å²) in [6, 6.07) is 6.49. The number of phenols is 1. The zero-order valence-corrected chi connectivity index (χ0v) is 16.5. The molecule has 4 heterocycles. The average molecular weight is 415 g/mol. The van der Waals surface area contributed by atoms with E-state index in [9.17, 15) is 24.9 Å². The number of hydrogen-bond acceptors (Lipinski definition) is 7. The SMILES string of the molecule is CC[13c]1c2c(n[13c]3[13cH][13cH][13c](O)[13cH][13c]13)-c1cc3c(c(=O)n1C2)C(O)OC(=O)[C@]3(O)CC. The number of ether oxygens (including phenoxy) is 1. The first kappa shape index (κ1) is 18.8. The molecule has 8 nitrogen and oxygen atoms in total. The van der Waals surface area contributed by atoms with E-state index in [1.165, 1.54) is 4.57 Å². The van der Waals surface area contributed by atoms with E-state index in [2.05, 4.69) is 0 Å². The third-order valence-electron chi connectivity index (χ3n) is 6.20. The molecule has 0 radical (unpaired) electrons. The number of aromatic nitrogens is 2. The van der Waals surface area contributed by atoms with E-state index >= 15 is 0 Å². The highest BCUT2D eigenvalue weighted by atomic mass is 16.6. The van der Waals surface area contributed by atoms with Crippen LogP contribution in [0.25, 0.3) is 22.3 Å². The summed E-state index contributed by atoms with van der Waals surface area (Å²) in [4.78, 5) is 30.3. The Labute approximate surface area is 171 Å². The summed E-state index contributed by atoms with van der Waals surface area (Å²) < 4.78 is 6.35. The van der Waals surface area contributed by atoms with Crippen LogP contribution in [-0.4, -0.2) is 30.8 Å². The van der Waals surface area contributed by atoms with Crippen molar-refractivity contribution < 1.29 is 24.9 Å². The van der Waals surface area contributed by atoms with Crippen molar-refractivity contribution in [3.05, 3.63) is 56.9 Å². The zero-order valence-electron chi connectivity index (χ0n) is 16.5. The first-order valence-electron chi connectivity index (χ1n) is 9.84. The molecule has 8 heteroatoms. The lowest BCUT2D eigenvalue weighted by molar-refractivity contribution is -0.199. The number of esters is 1. The number of nitrogens with zero attached hydrogens (tertiary/aromatic N) is 2. The van der Waals surface area contributed by atoms with Crippen molar-refractivity contribution in [1.29, 1.82) is 0 Å². The van der Waals surface area contributed by atoms with Gasteiger partial charge in [0.15, 0.2) is 5.60 Å². The minimum atomic E-state index is -2.01. The molecular formula is C22H20N2O6. The van der Waals surface area contributed by atoms with Crippen LogP contribution in [0.2, 0.25) is 0 Å². The lowest BCUT2D eigenvalue weighted by Crippen LogP contribution is -2.46. The van der Waals surface area contributed by atoms with Crippen LogP contribution in [0.4, 0.5) is 0 Å². The first-order chi connectivity index (χ1) is 14.3. The maximum absolute atomic E-state index is 13.3. The summed E-state index contributed by atoms with van der Waals surface area (Å²) in [5, 5.41) is 31.9. The summed E-state index contributed by atoms with van der Waals surface area (Å²) in [6.07, 6.45) is -1.08. The van der Waals surface area contributed by atoms with E-state index in [0.717, 1.165) is 16.5 Å². The van der Waals surface area contributed by atoms with Crippen molar-refractivity contribution in [2.75, 3.05) is 0 Å². The van der Waals surface area contributed by atoms with Gasteiger partial charge in [0.25, 0.3) is 5.56 Å². The summed E-state index contributed by atoms with van der Waals surface area (Å²) in [5.41, 5.74) is 0.946. The van der Waals surface area contributed by atoms with Crippen LogP contribution in [0.5, 0.6) is 5.75 Å². The number of phenolic OH excluding ortho intramolecular Hbond substituents is 1. The van der Waals surface area contributed by atoms with Gasteiger partial charge in [-0.2, -0.15) is 0 Å². The molecule has 0 saturated heterocycles. The number of aryl methyl sites for hydroxylation is 1. The monoisotopic (exact) mass is 415 g/mol. The van der Waals surface area contributed by atoms with Crippen LogP contribution in [0.15, 0.2) is 29.1 Å². The van der Waals surface area contributed by atoms with Crippen LogP contribution in [0, 0.1) is 0 Å². The van der Waals surface area contributed by atoms with E-state index in [1.807, 2.05) is 6.92 Å². The molecule has 0 amide bonds. The summed E-state index contributed by atoms with van der Waals surface area (Å²) >= 11 is 0. The Bertz CT molecular complexity index is 1310. The Morgan fingerprint density at radius 1 is 1.27 bits per heavy atom. The molecule has 0 fully saturated rings. The predicted octanol–water partition coefficient (Wildman–Crippen LogP) is 1.84. The van der Waals surface area contributed by atoms with Gasteiger partial charge in [0.2, 0.25) is 6.29 Å². The van der Waals surface area contributed by atoms with Gasteiger partial charge in [-0.05, 0) is 42.7 Å². The first-order valence-corrected chi connectivity index (χ1v) is 9.84. The standard InChI is InChI=1S/C22H20N2O6/c1-3-11-12-7-10(25)5-6-15(12)23-18-13(11)9-24-16(18)8-14-17(19(24)26)20(27)30-21(28)22(14,29)4-2/h5-8,20,25,27,29H,3-4,9H2,1-2H3/t20?,22-/m0/s1/i5+1,6+1,7+1,10+1,11+1,12+1,15+1. The minimum Gasteiger partial charge on any atom is -0.508 e. The van der Waals surface area contributed by atoms with Crippen LogP contribution in [0.1, 0.15) is 48.8 Å². The molecule has 1 aromatic carbocycles. The molecule has 2 aromatic heterocycles. The second kappa shape index (κ2) is 6.13. The predicted molar refractivity (Wildman–Crippen MR) is 107 cm³/mol. The summed E-state index contributed by atoms with van der Waals surface area (Å²) in [6.45, 7) is 3.83. The molecule has 5 rings (SSSR count). The highest BCUT2D eigenvalue weighted by Gasteiger charge is 2.48. The third kappa shape index (κ3) is 2.26. The van der Waals surface area contributed by atoms with Crippen LogP contribution in [0.3, 0.4) is 0 Å². The van der Waals surface area contributed by atoms with Crippen molar-refractivity contribution in [2.45, 2.75) is 45.1 Å². The molecular weight excluding hydrogens is 395 g/mol. The number of aliphatic hydroxyl groups excluding tert-OH is 1. The van der Waals surface area contributed by atoms with E-state index in [4.69, 9.17) is 9.72 Å². The van der Waals surface area contributed by atoms with E-state index in [0.29, 0.717) is 23.3 Å².